The number of nitro groups is 1. The number of benzene rings is 1. The zero-order valence-corrected chi connectivity index (χ0v) is 10.3. The standard InChI is InChI=1S/C14H12N2O3/c1-15-9-3-2-7-14(15)8-6-11-10-12(16(17)18)4-5-13(11)19-14/h2-10H,1H3. The highest BCUT2D eigenvalue weighted by atomic mass is 16.6. The third kappa shape index (κ3) is 1.79. The summed E-state index contributed by atoms with van der Waals surface area (Å²) in [7, 11) is 1.92. The van der Waals surface area contributed by atoms with E-state index in [2.05, 4.69) is 0 Å². The summed E-state index contributed by atoms with van der Waals surface area (Å²) >= 11 is 0. The molecular formula is C14H12N2O3. The smallest absolute Gasteiger partial charge is 0.270 e. The number of fused-ring (bicyclic) bond motifs is 1. The summed E-state index contributed by atoms with van der Waals surface area (Å²) < 4.78 is 5.99. The van der Waals surface area contributed by atoms with Gasteiger partial charge in [-0.1, -0.05) is 6.08 Å². The van der Waals surface area contributed by atoms with E-state index in [1.807, 2.05) is 48.5 Å². The highest BCUT2D eigenvalue weighted by Gasteiger charge is 2.34. The summed E-state index contributed by atoms with van der Waals surface area (Å²) in [6.07, 6.45) is 11.4. The van der Waals surface area contributed by atoms with Crippen LogP contribution in [0, 0.1) is 10.1 Å². The van der Waals surface area contributed by atoms with Crippen molar-refractivity contribution in [3.63, 3.8) is 0 Å². The van der Waals surface area contributed by atoms with E-state index in [9.17, 15) is 10.1 Å². The average Bonchev–Trinajstić information content (AvgIpc) is 2.41. The molecular weight excluding hydrogens is 244 g/mol. The predicted molar refractivity (Wildman–Crippen MR) is 71.5 cm³/mol. The maximum Gasteiger partial charge on any atom is 0.270 e. The van der Waals surface area contributed by atoms with Crippen LogP contribution in [-0.4, -0.2) is 22.6 Å². The number of rotatable bonds is 1. The maximum atomic E-state index is 10.7. The molecule has 5 nitrogen and oxygen atoms in total. The first-order valence-electron chi connectivity index (χ1n) is 5.86. The molecule has 19 heavy (non-hydrogen) atoms. The zero-order chi connectivity index (χ0) is 13.5. The minimum Gasteiger partial charge on any atom is -0.460 e. The molecule has 1 spiro atoms. The largest absolute Gasteiger partial charge is 0.460 e. The van der Waals surface area contributed by atoms with Crippen LogP contribution in [0.5, 0.6) is 5.75 Å². The average molecular weight is 256 g/mol. The predicted octanol–water partition coefficient (Wildman–Crippen LogP) is 2.71. The van der Waals surface area contributed by atoms with E-state index < -0.39 is 10.6 Å². The van der Waals surface area contributed by atoms with E-state index in [0.29, 0.717) is 5.75 Å². The van der Waals surface area contributed by atoms with Gasteiger partial charge in [0.2, 0.25) is 5.72 Å². The highest BCUT2D eigenvalue weighted by Crippen LogP contribution is 2.36. The molecule has 2 aliphatic heterocycles. The van der Waals surface area contributed by atoms with Gasteiger partial charge in [-0.15, -0.1) is 0 Å². The molecule has 0 N–H and O–H groups in total. The molecule has 1 aromatic rings. The van der Waals surface area contributed by atoms with E-state index in [0.717, 1.165) is 5.56 Å². The first-order chi connectivity index (χ1) is 9.11. The van der Waals surface area contributed by atoms with Gasteiger partial charge in [0.1, 0.15) is 5.75 Å². The Morgan fingerprint density at radius 1 is 1.32 bits per heavy atom. The lowest BCUT2D eigenvalue weighted by molar-refractivity contribution is -0.384. The third-order valence-corrected chi connectivity index (χ3v) is 3.29. The molecule has 1 aromatic carbocycles. The first kappa shape index (κ1) is 11.5. The fourth-order valence-corrected chi connectivity index (χ4v) is 2.18. The summed E-state index contributed by atoms with van der Waals surface area (Å²) in [6, 6.07) is 4.61. The molecule has 1 unspecified atom stereocenters. The van der Waals surface area contributed by atoms with Crippen molar-refractivity contribution in [1.82, 2.24) is 4.90 Å². The monoisotopic (exact) mass is 256 g/mol. The van der Waals surface area contributed by atoms with Crippen molar-refractivity contribution in [2.45, 2.75) is 5.72 Å². The van der Waals surface area contributed by atoms with Crippen LogP contribution in [0.2, 0.25) is 0 Å². The molecule has 0 saturated carbocycles. The molecule has 96 valence electrons. The van der Waals surface area contributed by atoms with Gasteiger partial charge in [0.25, 0.3) is 5.69 Å². The van der Waals surface area contributed by atoms with Crippen LogP contribution in [0.15, 0.2) is 48.7 Å². The fourth-order valence-electron chi connectivity index (χ4n) is 2.18. The Labute approximate surface area is 110 Å². The topological polar surface area (TPSA) is 55.6 Å². The van der Waals surface area contributed by atoms with Gasteiger partial charge in [-0.2, -0.15) is 0 Å². The maximum absolute atomic E-state index is 10.7. The lowest BCUT2D eigenvalue weighted by atomic mass is 10.0. The van der Waals surface area contributed by atoms with Gasteiger partial charge in [-0.05, 0) is 30.4 Å². The molecule has 0 fully saturated rings. The van der Waals surface area contributed by atoms with Gasteiger partial charge in [-0.3, -0.25) is 10.1 Å². The number of nitrogens with zero attached hydrogens (tertiary/aromatic N) is 2. The van der Waals surface area contributed by atoms with E-state index >= 15 is 0 Å². The summed E-state index contributed by atoms with van der Waals surface area (Å²) in [6.45, 7) is 0. The number of likely N-dealkylation sites (N-methyl/N-ethyl adjacent to an activating group) is 1. The molecule has 0 aliphatic carbocycles. The number of hydrogen-bond donors (Lipinski definition) is 0. The normalized spacial score (nSPS) is 23.3. The summed E-state index contributed by atoms with van der Waals surface area (Å²) in [5.74, 6) is 0.639. The van der Waals surface area contributed by atoms with Crippen LogP contribution in [0.3, 0.4) is 0 Å². The van der Waals surface area contributed by atoms with Crippen LogP contribution >= 0.6 is 0 Å². The van der Waals surface area contributed by atoms with Gasteiger partial charge in [0, 0.05) is 30.9 Å². The molecule has 3 rings (SSSR count). The van der Waals surface area contributed by atoms with Crippen LogP contribution in [0.4, 0.5) is 5.69 Å². The third-order valence-electron chi connectivity index (χ3n) is 3.29. The van der Waals surface area contributed by atoms with Gasteiger partial charge in [-0.25, -0.2) is 0 Å². The van der Waals surface area contributed by atoms with E-state index in [1.54, 1.807) is 6.07 Å². The van der Waals surface area contributed by atoms with Crippen molar-refractivity contribution >= 4 is 11.8 Å². The second-order valence-corrected chi connectivity index (χ2v) is 4.48. The molecule has 0 radical (unpaired) electrons. The quantitative estimate of drug-likeness (QED) is 0.572. The Bertz CT molecular complexity index is 634. The van der Waals surface area contributed by atoms with Gasteiger partial charge < -0.3 is 9.64 Å². The van der Waals surface area contributed by atoms with Crippen LogP contribution in [0.1, 0.15) is 5.56 Å². The molecule has 2 aliphatic rings. The van der Waals surface area contributed by atoms with Crippen molar-refractivity contribution in [2.75, 3.05) is 7.05 Å². The van der Waals surface area contributed by atoms with Crippen LogP contribution in [-0.2, 0) is 0 Å². The Morgan fingerprint density at radius 2 is 2.16 bits per heavy atom. The second kappa shape index (κ2) is 3.98. The van der Waals surface area contributed by atoms with Crippen molar-refractivity contribution in [2.24, 2.45) is 0 Å². The van der Waals surface area contributed by atoms with Crippen molar-refractivity contribution in [3.05, 3.63) is 64.4 Å². The SMILES string of the molecule is CN1C=CC=CC12C=Cc1cc([N+](=O)[O-])ccc1O2. The Balaban J connectivity index is 2.01. The lowest BCUT2D eigenvalue weighted by Gasteiger charge is -2.40. The molecule has 0 saturated heterocycles. The minimum absolute atomic E-state index is 0.0652. The number of non-ortho nitro benzene ring substituents is 1. The first-order valence-corrected chi connectivity index (χ1v) is 5.86. The van der Waals surface area contributed by atoms with Crippen molar-refractivity contribution < 1.29 is 9.66 Å². The number of ether oxygens (including phenoxy) is 1. The summed E-state index contributed by atoms with van der Waals surface area (Å²) in [5, 5.41) is 10.7. The second-order valence-electron chi connectivity index (χ2n) is 4.48. The van der Waals surface area contributed by atoms with Gasteiger partial charge in [0.05, 0.1) is 4.92 Å². The summed E-state index contributed by atoms with van der Waals surface area (Å²) in [5.41, 5.74) is 0.143. The number of hydrogen-bond acceptors (Lipinski definition) is 4. The molecule has 0 amide bonds. The minimum atomic E-state index is -0.641. The molecule has 2 heterocycles. The Hall–Kier alpha value is -2.56. The van der Waals surface area contributed by atoms with E-state index in [-0.39, 0.29) is 5.69 Å². The fraction of sp³-hybridized carbons (Fsp3) is 0.143. The van der Waals surface area contributed by atoms with Gasteiger partial charge in [0.15, 0.2) is 0 Å². The van der Waals surface area contributed by atoms with Crippen LogP contribution < -0.4 is 4.74 Å². The molecule has 1 atom stereocenters. The van der Waals surface area contributed by atoms with Gasteiger partial charge >= 0.3 is 0 Å². The molecule has 0 bridgehead atoms. The van der Waals surface area contributed by atoms with E-state index in [1.165, 1.54) is 12.1 Å². The Kier molecular flexibility index (Phi) is 2.41. The molecule has 5 heteroatoms. The number of allylic oxidation sites excluding steroid dienone is 2. The van der Waals surface area contributed by atoms with E-state index in [4.69, 9.17) is 4.74 Å². The Morgan fingerprint density at radius 3 is 2.89 bits per heavy atom. The number of nitro benzene ring substituents is 1. The van der Waals surface area contributed by atoms with Crippen LogP contribution in [0.25, 0.3) is 6.08 Å². The highest BCUT2D eigenvalue weighted by molar-refractivity contribution is 5.64. The summed E-state index contributed by atoms with van der Waals surface area (Å²) in [4.78, 5) is 12.3. The zero-order valence-electron chi connectivity index (χ0n) is 10.3. The lowest BCUT2D eigenvalue weighted by Crippen LogP contribution is -2.47. The molecule has 0 aromatic heterocycles. The van der Waals surface area contributed by atoms with Crippen molar-refractivity contribution in [1.29, 1.82) is 0 Å². The van der Waals surface area contributed by atoms with Crippen molar-refractivity contribution in [3.8, 4) is 5.75 Å².